The molecule has 0 aromatic heterocycles. The molecule has 0 fully saturated rings. The van der Waals surface area contributed by atoms with Crippen LogP contribution < -0.4 is 4.74 Å². The summed E-state index contributed by atoms with van der Waals surface area (Å²) in [7, 11) is 1.31. The van der Waals surface area contributed by atoms with Crippen molar-refractivity contribution in [2.24, 2.45) is 0 Å². The third-order valence-electron chi connectivity index (χ3n) is 2.23. The smallest absolute Gasteiger partial charge is 0.311 e. The van der Waals surface area contributed by atoms with Crippen molar-refractivity contribution in [3.8, 4) is 5.75 Å². The largest absolute Gasteiger partial charge is 0.490 e. The second-order valence-corrected chi connectivity index (χ2v) is 3.04. The Kier molecular flexibility index (Phi) is 2.00. The van der Waals surface area contributed by atoms with E-state index in [-0.39, 0.29) is 22.8 Å². The van der Waals surface area contributed by atoms with E-state index >= 15 is 0 Å². The zero-order valence-corrected chi connectivity index (χ0v) is 7.89. The fourth-order valence-corrected chi connectivity index (χ4v) is 1.58. The minimum Gasteiger partial charge on any atom is -0.490 e. The minimum atomic E-state index is -0.565. The number of carbonyl (C=O) groups is 1. The van der Waals surface area contributed by atoms with Gasteiger partial charge in [0.1, 0.15) is 0 Å². The van der Waals surface area contributed by atoms with Crippen molar-refractivity contribution in [1.29, 1.82) is 0 Å². The number of carbonyl (C=O) groups excluding carboxylic acids is 1. The van der Waals surface area contributed by atoms with E-state index in [0.29, 0.717) is 5.56 Å². The average Bonchev–Trinajstić information content (AvgIpc) is 2.59. The molecule has 1 aromatic rings. The fraction of sp³-hybridized carbons (Fsp3) is 0.100. The van der Waals surface area contributed by atoms with E-state index < -0.39 is 4.92 Å². The first-order valence-electron chi connectivity index (χ1n) is 4.23. The first kappa shape index (κ1) is 9.39. The number of fused-ring (bicyclic) bond motifs is 1. The maximum absolute atomic E-state index is 11.4. The molecule has 1 aliphatic carbocycles. The molecule has 0 N–H and O–H groups in total. The van der Waals surface area contributed by atoms with Crippen LogP contribution in [0.2, 0.25) is 0 Å². The molecule has 0 unspecified atom stereocenters. The van der Waals surface area contributed by atoms with E-state index in [1.54, 1.807) is 6.08 Å². The Labute approximate surface area is 85.1 Å². The van der Waals surface area contributed by atoms with Gasteiger partial charge in [-0.05, 0) is 17.7 Å². The molecule has 0 spiro atoms. The van der Waals surface area contributed by atoms with Crippen LogP contribution in [0.5, 0.6) is 5.75 Å². The zero-order valence-electron chi connectivity index (χ0n) is 7.89. The van der Waals surface area contributed by atoms with E-state index in [1.807, 2.05) is 0 Å². The van der Waals surface area contributed by atoms with Crippen molar-refractivity contribution in [2.45, 2.75) is 0 Å². The number of nitrogens with zero attached hydrogens (tertiary/aromatic N) is 1. The molecular formula is C10H7NO4. The molecule has 0 aliphatic heterocycles. The molecular weight excluding hydrogens is 198 g/mol. The van der Waals surface area contributed by atoms with Crippen LogP contribution in [-0.4, -0.2) is 17.8 Å². The van der Waals surface area contributed by atoms with Gasteiger partial charge in [0, 0.05) is 6.07 Å². The maximum Gasteiger partial charge on any atom is 0.311 e. The average molecular weight is 205 g/mol. The molecule has 15 heavy (non-hydrogen) atoms. The predicted octanol–water partition coefficient (Wildman–Crippen LogP) is 1.81. The van der Waals surface area contributed by atoms with Gasteiger partial charge in [0.05, 0.1) is 17.6 Å². The van der Waals surface area contributed by atoms with E-state index in [4.69, 9.17) is 4.74 Å². The second kappa shape index (κ2) is 3.20. The Balaban J connectivity index is 2.71. The molecule has 0 saturated heterocycles. The minimum absolute atomic E-state index is 0.0347. The second-order valence-electron chi connectivity index (χ2n) is 3.04. The van der Waals surface area contributed by atoms with Gasteiger partial charge in [0.2, 0.25) is 5.75 Å². The number of ether oxygens (including phenoxy) is 1. The molecule has 0 atom stereocenters. The van der Waals surface area contributed by atoms with Crippen molar-refractivity contribution in [3.63, 3.8) is 0 Å². The Morgan fingerprint density at radius 2 is 2.07 bits per heavy atom. The fourth-order valence-electron chi connectivity index (χ4n) is 1.58. The summed E-state index contributed by atoms with van der Waals surface area (Å²) in [4.78, 5) is 21.5. The molecule has 1 aromatic carbocycles. The number of hydrogen-bond donors (Lipinski definition) is 0. The van der Waals surface area contributed by atoms with Gasteiger partial charge >= 0.3 is 5.69 Å². The lowest BCUT2D eigenvalue weighted by atomic mass is 10.1. The topological polar surface area (TPSA) is 69.4 Å². The molecule has 0 radical (unpaired) electrons. The number of hydrogen-bond acceptors (Lipinski definition) is 4. The Morgan fingerprint density at radius 1 is 1.33 bits per heavy atom. The van der Waals surface area contributed by atoms with Crippen molar-refractivity contribution >= 4 is 17.5 Å². The number of nitro groups is 1. The highest BCUT2D eigenvalue weighted by Gasteiger charge is 2.26. The van der Waals surface area contributed by atoms with Crippen molar-refractivity contribution < 1.29 is 14.5 Å². The number of benzene rings is 1. The lowest BCUT2D eigenvalue weighted by Crippen LogP contribution is -2.01. The summed E-state index contributed by atoms with van der Waals surface area (Å²) in [5.41, 5.74) is 0.738. The first-order valence-corrected chi connectivity index (χ1v) is 4.23. The SMILES string of the molecule is COc1c([N+](=O)[O-])ccc2c1C(=O)C=C2. The van der Waals surface area contributed by atoms with Crippen LogP contribution in [0.25, 0.3) is 6.08 Å². The van der Waals surface area contributed by atoms with Crippen LogP contribution in [0.15, 0.2) is 18.2 Å². The van der Waals surface area contributed by atoms with Crippen LogP contribution in [0, 0.1) is 10.1 Å². The highest BCUT2D eigenvalue weighted by atomic mass is 16.6. The van der Waals surface area contributed by atoms with Gasteiger partial charge in [-0.15, -0.1) is 0 Å². The van der Waals surface area contributed by atoms with Crippen molar-refractivity contribution in [3.05, 3.63) is 39.4 Å². The summed E-state index contributed by atoms with van der Waals surface area (Å²) in [5.74, 6) is -0.224. The summed E-state index contributed by atoms with van der Waals surface area (Å²) in [6.07, 6.45) is 2.99. The van der Waals surface area contributed by atoms with Crippen LogP contribution in [0.4, 0.5) is 5.69 Å². The zero-order chi connectivity index (χ0) is 11.0. The predicted molar refractivity (Wildman–Crippen MR) is 53.0 cm³/mol. The molecule has 76 valence electrons. The van der Waals surface area contributed by atoms with Gasteiger partial charge < -0.3 is 4.74 Å². The third-order valence-corrected chi connectivity index (χ3v) is 2.23. The summed E-state index contributed by atoms with van der Waals surface area (Å²) < 4.78 is 4.92. The van der Waals surface area contributed by atoms with E-state index in [0.717, 1.165) is 0 Å². The Morgan fingerprint density at radius 3 is 2.67 bits per heavy atom. The number of rotatable bonds is 2. The van der Waals surface area contributed by atoms with E-state index in [9.17, 15) is 14.9 Å². The van der Waals surface area contributed by atoms with E-state index in [1.165, 1.54) is 25.3 Å². The number of methoxy groups -OCH3 is 1. The molecule has 5 heteroatoms. The molecule has 1 aliphatic rings. The summed E-state index contributed by atoms with van der Waals surface area (Å²) >= 11 is 0. The van der Waals surface area contributed by atoms with Crippen LogP contribution in [0.3, 0.4) is 0 Å². The normalized spacial score (nSPS) is 12.7. The number of allylic oxidation sites excluding steroid dienone is 1. The van der Waals surface area contributed by atoms with Crippen molar-refractivity contribution in [1.82, 2.24) is 0 Å². The highest BCUT2D eigenvalue weighted by Crippen LogP contribution is 2.36. The van der Waals surface area contributed by atoms with Crippen LogP contribution >= 0.6 is 0 Å². The van der Waals surface area contributed by atoms with Crippen LogP contribution in [0.1, 0.15) is 15.9 Å². The molecule has 2 rings (SSSR count). The summed E-state index contributed by atoms with van der Waals surface area (Å²) in [6.45, 7) is 0. The first-order chi connectivity index (χ1) is 7.15. The number of nitro benzene ring substituents is 1. The van der Waals surface area contributed by atoms with Gasteiger partial charge in [0.15, 0.2) is 5.78 Å². The van der Waals surface area contributed by atoms with Gasteiger partial charge in [-0.1, -0.05) is 6.08 Å². The summed E-state index contributed by atoms with van der Waals surface area (Å²) in [6, 6.07) is 2.87. The Bertz CT molecular complexity index is 490. The third kappa shape index (κ3) is 1.28. The maximum atomic E-state index is 11.4. The number of ketones is 1. The van der Waals surface area contributed by atoms with Gasteiger partial charge in [-0.3, -0.25) is 14.9 Å². The molecule has 0 heterocycles. The lowest BCUT2D eigenvalue weighted by molar-refractivity contribution is -0.385. The monoisotopic (exact) mass is 205 g/mol. The molecule has 0 bridgehead atoms. The lowest BCUT2D eigenvalue weighted by Gasteiger charge is -2.06. The summed E-state index contributed by atoms with van der Waals surface area (Å²) in [5, 5.41) is 10.7. The Hall–Kier alpha value is -2.17. The quantitative estimate of drug-likeness (QED) is 0.545. The highest BCUT2D eigenvalue weighted by molar-refractivity contribution is 6.16. The molecule has 0 saturated carbocycles. The van der Waals surface area contributed by atoms with Gasteiger partial charge in [-0.25, -0.2) is 0 Å². The molecule has 5 nitrogen and oxygen atoms in total. The van der Waals surface area contributed by atoms with Crippen molar-refractivity contribution in [2.75, 3.05) is 7.11 Å². The van der Waals surface area contributed by atoms with Gasteiger partial charge in [0.25, 0.3) is 0 Å². The van der Waals surface area contributed by atoms with E-state index in [2.05, 4.69) is 0 Å². The molecule has 0 amide bonds. The van der Waals surface area contributed by atoms with Crippen LogP contribution in [-0.2, 0) is 0 Å². The van der Waals surface area contributed by atoms with Gasteiger partial charge in [-0.2, -0.15) is 0 Å². The standard InChI is InChI=1S/C10H7NO4/c1-15-10-7(11(13)14)4-2-6-3-5-8(12)9(6)10/h2-5H,1H3.